The lowest BCUT2D eigenvalue weighted by Crippen LogP contribution is -2.41. The van der Waals surface area contributed by atoms with E-state index in [1.165, 1.54) is 12.8 Å². The molecule has 0 saturated heterocycles. The molecule has 2 aliphatic rings. The van der Waals surface area contributed by atoms with Crippen molar-refractivity contribution in [3.05, 3.63) is 0 Å². The van der Waals surface area contributed by atoms with Crippen LogP contribution < -0.4 is 0 Å². The molecule has 0 heterocycles. The second-order valence-electron chi connectivity index (χ2n) is 6.71. The molecule has 0 aromatic rings. The second kappa shape index (κ2) is 3.24. The largest absolute Gasteiger partial charge is 0.458 e. The van der Waals surface area contributed by atoms with Gasteiger partial charge in [-0.15, -0.1) is 0 Å². The number of fused-ring (bicyclic) bond motifs is 1. The molecule has 0 aromatic carbocycles. The fourth-order valence-corrected chi connectivity index (χ4v) is 2.91. The molecule has 0 radical (unpaired) electrons. The van der Waals surface area contributed by atoms with Crippen LogP contribution in [0.5, 0.6) is 0 Å². The van der Waals surface area contributed by atoms with Crippen LogP contribution in [0.15, 0.2) is 0 Å². The molecule has 2 nitrogen and oxygen atoms in total. The molecular formula is C14H24O2. The van der Waals surface area contributed by atoms with Crippen molar-refractivity contribution in [3.8, 4) is 0 Å². The van der Waals surface area contributed by atoms with Crippen LogP contribution >= 0.6 is 0 Å². The lowest BCUT2D eigenvalue weighted by Gasteiger charge is -2.35. The van der Waals surface area contributed by atoms with Gasteiger partial charge in [-0.05, 0) is 52.4 Å². The maximum atomic E-state index is 12.1. The van der Waals surface area contributed by atoms with Gasteiger partial charge in [-0.3, -0.25) is 4.79 Å². The SMILES string of the molecule is CCC(C)(C)C(=O)OC1(C)CCC2CC21C. The Morgan fingerprint density at radius 3 is 2.44 bits per heavy atom. The Balaban J connectivity index is 2.08. The summed E-state index contributed by atoms with van der Waals surface area (Å²) in [4.78, 5) is 12.1. The van der Waals surface area contributed by atoms with Crippen LogP contribution in [0.2, 0.25) is 0 Å². The summed E-state index contributed by atoms with van der Waals surface area (Å²) in [5.41, 5.74) is -0.278. The number of carbonyl (C=O) groups is 1. The van der Waals surface area contributed by atoms with Gasteiger partial charge in [-0.2, -0.15) is 0 Å². The van der Waals surface area contributed by atoms with Gasteiger partial charge in [0.05, 0.1) is 5.41 Å². The zero-order valence-electron chi connectivity index (χ0n) is 11.2. The molecule has 0 amide bonds. The summed E-state index contributed by atoms with van der Waals surface area (Å²) in [7, 11) is 0. The van der Waals surface area contributed by atoms with Crippen molar-refractivity contribution in [2.75, 3.05) is 0 Å². The van der Waals surface area contributed by atoms with E-state index in [1.54, 1.807) is 0 Å². The zero-order chi connectivity index (χ0) is 12.2. The Labute approximate surface area is 98.7 Å². The standard InChI is InChI=1S/C14H24O2/c1-6-12(2,3)11(15)16-14(5)8-7-10-9-13(10,14)4/h10H,6-9H2,1-5H3. The van der Waals surface area contributed by atoms with Gasteiger partial charge in [0.25, 0.3) is 0 Å². The lowest BCUT2D eigenvalue weighted by molar-refractivity contribution is -0.175. The molecule has 0 spiro atoms. The van der Waals surface area contributed by atoms with Crippen LogP contribution in [0.25, 0.3) is 0 Å². The molecule has 2 rings (SSSR count). The van der Waals surface area contributed by atoms with E-state index in [2.05, 4.69) is 13.8 Å². The van der Waals surface area contributed by atoms with Crippen molar-refractivity contribution in [2.45, 2.75) is 65.9 Å². The minimum absolute atomic E-state index is 0.0220. The van der Waals surface area contributed by atoms with E-state index in [1.807, 2.05) is 20.8 Å². The minimum Gasteiger partial charge on any atom is -0.458 e. The summed E-state index contributed by atoms with van der Waals surface area (Å²) < 4.78 is 5.87. The van der Waals surface area contributed by atoms with Crippen molar-refractivity contribution in [2.24, 2.45) is 16.7 Å². The van der Waals surface area contributed by atoms with Gasteiger partial charge in [0.1, 0.15) is 5.60 Å². The molecular weight excluding hydrogens is 200 g/mol. The van der Waals surface area contributed by atoms with E-state index in [0.717, 1.165) is 18.8 Å². The quantitative estimate of drug-likeness (QED) is 0.685. The molecule has 2 heteroatoms. The first kappa shape index (κ1) is 11.9. The molecule has 0 bridgehead atoms. The van der Waals surface area contributed by atoms with E-state index >= 15 is 0 Å². The predicted molar refractivity (Wildman–Crippen MR) is 64.0 cm³/mol. The first-order valence-corrected chi connectivity index (χ1v) is 6.49. The first-order chi connectivity index (χ1) is 7.25. The summed E-state index contributed by atoms with van der Waals surface area (Å²) in [6.07, 6.45) is 4.35. The first-order valence-electron chi connectivity index (χ1n) is 6.49. The minimum atomic E-state index is -0.341. The number of hydrogen-bond donors (Lipinski definition) is 0. The Bertz CT molecular complexity index is 319. The van der Waals surface area contributed by atoms with Gasteiger partial charge >= 0.3 is 5.97 Å². The van der Waals surface area contributed by atoms with Gasteiger partial charge in [0.2, 0.25) is 0 Å². The molecule has 0 aromatic heterocycles. The molecule has 92 valence electrons. The van der Waals surface area contributed by atoms with Crippen LogP contribution in [-0.2, 0) is 9.53 Å². The van der Waals surface area contributed by atoms with E-state index in [0.29, 0.717) is 0 Å². The highest BCUT2D eigenvalue weighted by Crippen LogP contribution is 2.69. The highest BCUT2D eigenvalue weighted by Gasteiger charge is 2.67. The Morgan fingerprint density at radius 1 is 1.44 bits per heavy atom. The number of rotatable bonds is 3. The van der Waals surface area contributed by atoms with Gasteiger partial charge in [-0.1, -0.05) is 13.8 Å². The van der Waals surface area contributed by atoms with Gasteiger partial charge < -0.3 is 4.74 Å². The summed E-state index contributed by atoms with van der Waals surface area (Å²) in [6.45, 7) is 10.4. The fraction of sp³-hybridized carbons (Fsp3) is 0.929. The lowest BCUT2D eigenvalue weighted by atomic mass is 9.86. The van der Waals surface area contributed by atoms with Crippen molar-refractivity contribution < 1.29 is 9.53 Å². The summed E-state index contributed by atoms with van der Waals surface area (Å²) in [5.74, 6) is 0.779. The monoisotopic (exact) mass is 224 g/mol. The predicted octanol–water partition coefficient (Wildman–Crippen LogP) is 3.54. The summed E-state index contributed by atoms with van der Waals surface area (Å²) in [5, 5.41) is 0. The fourth-order valence-electron chi connectivity index (χ4n) is 2.91. The van der Waals surface area contributed by atoms with E-state index in [-0.39, 0.29) is 22.4 Å². The molecule has 3 atom stereocenters. The van der Waals surface area contributed by atoms with E-state index < -0.39 is 0 Å². The third-order valence-electron chi connectivity index (χ3n) is 5.34. The zero-order valence-corrected chi connectivity index (χ0v) is 11.2. The number of carbonyl (C=O) groups excluding carboxylic acids is 1. The van der Waals surface area contributed by atoms with Gasteiger partial charge in [0.15, 0.2) is 0 Å². The highest BCUT2D eigenvalue weighted by molar-refractivity contribution is 5.76. The average molecular weight is 224 g/mol. The van der Waals surface area contributed by atoms with Crippen LogP contribution in [0.4, 0.5) is 0 Å². The summed E-state index contributed by atoms with van der Waals surface area (Å²) in [6, 6.07) is 0. The number of ether oxygens (including phenoxy) is 1. The van der Waals surface area contributed by atoms with Crippen molar-refractivity contribution in [3.63, 3.8) is 0 Å². The van der Waals surface area contributed by atoms with Crippen molar-refractivity contribution in [1.29, 1.82) is 0 Å². The summed E-state index contributed by atoms with van der Waals surface area (Å²) >= 11 is 0. The Morgan fingerprint density at radius 2 is 2.06 bits per heavy atom. The second-order valence-corrected chi connectivity index (χ2v) is 6.71. The van der Waals surface area contributed by atoms with E-state index in [9.17, 15) is 4.79 Å². The molecule has 16 heavy (non-hydrogen) atoms. The van der Waals surface area contributed by atoms with E-state index in [4.69, 9.17) is 4.74 Å². The van der Waals surface area contributed by atoms with Gasteiger partial charge in [0, 0.05) is 5.41 Å². The Hall–Kier alpha value is -0.530. The highest BCUT2D eigenvalue weighted by atomic mass is 16.6. The molecule has 0 N–H and O–H groups in total. The van der Waals surface area contributed by atoms with Crippen LogP contribution in [0, 0.1) is 16.7 Å². The maximum absolute atomic E-state index is 12.1. The van der Waals surface area contributed by atoms with Crippen LogP contribution in [0.1, 0.15) is 60.3 Å². The molecule has 2 saturated carbocycles. The van der Waals surface area contributed by atoms with Crippen LogP contribution in [0.3, 0.4) is 0 Å². The third kappa shape index (κ3) is 1.49. The van der Waals surface area contributed by atoms with Crippen molar-refractivity contribution >= 4 is 5.97 Å². The topological polar surface area (TPSA) is 26.3 Å². The Kier molecular flexibility index (Phi) is 2.42. The van der Waals surface area contributed by atoms with Crippen molar-refractivity contribution in [1.82, 2.24) is 0 Å². The normalized spacial score (nSPS) is 41.7. The molecule has 0 aliphatic heterocycles. The molecule has 2 fully saturated rings. The van der Waals surface area contributed by atoms with Crippen LogP contribution in [-0.4, -0.2) is 11.6 Å². The maximum Gasteiger partial charge on any atom is 0.312 e. The third-order valence-corrected chi connectivity index (χ3v) is 5.34. The number of hydrogen-bond acceptors (Lipinski definition) is 2. The smallest absolute Gasteiger partial charge is 0.312 e. The molecule has 3 unspecified atom stereocenters. The average Bonchev–Trinajstić information content (AvgIpc) is 2.82. The molecule has 2 aliphatic carbocycles. The number of esters is 1. The van der Waals surface area contributed by atoms with Gasteiger partial charge in [-0.25, -0.2) is 0 Å².